The van der Waals surface area contributed by atoms with Gasteiger partial charge < -0.3 is 9.97 Å². The molecule has 0 amide bonds. The lowest BCUT2D eigenvalue weighted by Crippen LogP contribution is -1.81. The second-order valence-electron chi connectivity index (χ2n) is 6.03. The van der Waals surface area contributed by atoms with Gasteiger partial charge in [-0.2, -0.15) is 0 Å². The molecule has 114 valence electrons. The second kappa shape index (κ2) is 5.14. The van der Waals surface area contributed by atoms with E-state index in [1.54, 1.807) is 0 Å². The van der Waals surface area contributed by atoms with Crippen LogP contribution in [0.15, 0.2) is 85.1 Å². The van der Waals surface area contributed by atoms with E-state index in [1.165, 1.54) is 33.2 Å². The number of aromatic amines is 2. The lowest BCUT2D eigenvalue weighted by atomic mass is 9.98. The molecule has 0 fully saturated rings. The topological polar surface area (TPSA) is 31.6 Å². The Morgan fingerprint density at radius 3 is 2.08 bits per heavy atom. The molecule has 0 aliphatic heterocycles. The van der Waals surface area contributed by atoms with Crippen LogP contribution in [0, 0.1) is 0 Å². The van der Waals surface area contributed by atoms with Crippen LogP contribution in [-0.4, -0.2) is 9.97 Å². The van der Waals surface area contributed by atoms with Crippen LogP contribution in [0.3, 0.4) is 0 Å². The molecule has 0 aliphatic rings. The van der Waals surface area contributed by atoms with Crippen molar-refractivity contribution >= 4 is 21.8 Å². The standard InChI is InChI=1S/C22H16N2/c1-2-8-15(9-3-1)22-21(17-11-5-7-13-20(17)24-22)18-14-23-19-12-6-4-10-16(18)19/h1-14,23-24H. The summed E-state index contributed by atoms with van der Waals surface area (Å²) >= 11 is 0. The third-order valence-electron chi connectivity index (χ3n) is 4.63. The van der Waals surface area contributed by atoms with E-state index in [0.29, 0.717) is 0 Å². The fraction of sp³-hybridized carbons (Fsp3) is 0. The quantitative estimate of drug-likeness (QED) is 0.402. The van der Waals surface area contributed by atoms with Crippen LogP contribution >= 0.6 is 0 Å². The fourth-order valence-electron chi connectivity index (χ4n) is 3.52. The Kier molecular flexibility index (Phi) is 2.83. The van der Waals surface area contributed by atoms with Crippen LogP contribution in [0.5, 0.6) is 0 Å². The molecule has 3 aromatic carbocycles. The maximum Gasteiger partial charge on any atom is 0.0545 e. The van der Waals surface area contributed by atoms with Gasteiger partial charge in [-0.1, -0.05) is 66.7 Å². The Bertz CT molecular complexity index is 1150. The van der Waals surface area contributed by atoms with Gasteiger partial charge in [0.25, 0.3) is 0 Å². The van der Waals surface area contributed by atoms with Crippen molar-refractivity contribution < 1.29 is 0 Å². The van der Waals surface area contributed by atoms with Gasteiger partial charge in [-0.3, -0.25) is 0 Å². The van der Waals surface area contributed by atoms with Gasteiger partial charge in [-0.25, -0.2) is 0 Å². The summed E-state index contributed by atoms with van der Waals surface area (Å²) in [5, 5.41) is 2.50. The van der Waals surface area contributed by atoms with E-state index in [1.807, 2.05) is 0 Å². The zero-order valence-corrected chi connectivity index (χ0v) is 13.1. The minimum absolute atomic E-state index is 1.16. The van der Waals surface area contributed by atoms with E-state index >= 15 is 0 Å². The normalized spacial score (nSPS) is 11.3. The minimum Gasteiger partial charge on any atom is -0.361 e. The molecule has 0 radical (unpaired) electrons. The molecular formula is C22H16N2. The predicted molar refractivity (Wildman–Crippen MR) is 101 cm³/mol. The van der Waals surface area contributed by atoms with Crippen molar-refractivity contribution in [1.82, 2.24) is 9.97 Å². The van der Waals surface area contributed by atoms with Gasteiger partial charge >= 0.3 is 0 Å². The van der Waals surface area contributed by atoms with Crippen molar-refractivity contribution in [3.8, 4) is 22.4 Å². The number of para-hydroxylation sites is 2. The number of aromatic nitrogens is 2. The summed E-state index contributed by atoms with van der Waals surface area (Å²) in [5.41, 5.74) is 7.19. The molecule has 24 heavy (non-hydrogen) atoms. The highest BCUT2D eigenvalue weighted by atomic mass is 14.7. The number of nitrogens with one attached hydrogen (secondary N) is 2. The van der Waals surface area contributed by atoms with Crippen LogP contribution in [-0.2, 0) is 0 Å². The molecule has 2 N–H and O–H groups in total. The Balaban J connectivity index is 1.90. The number of H-pyrrole nitrogens is 2. The Morgan fingerprint density at radius 1 is 0.583 bits per heavy atom. The summed E-state index contributed by atoms with van der Waals surface area (Å²) in [6.45, 7) is 0. The molecule has 0 atom stereocenters. The molecule has 2 aromatic heterocycles. The molecule has 2 nitrogen and oxygen atoms in total. The van der Waals surface area contributed by atoms with Crippen molar-refractivity contribution in [2.45, 2.75) is 0 Å². The van der Waals surface area contributed by atoms with Gasteiger partial charge in [0, 0.05) is 39.1 Å². The molecule has 0 unspecified atom stereocenters. The van der Waals surface area contributed by atoms with Crippen LogP contribution in [0.4, 0.5) is 0 Å². The Hall–Kier alpha value is -3.26. The largest absolute Gasteiger partial charge is 0.361 e. The van der Waals surface area contributed by atoms with E-state index in [0.717, 1.165) is 11.0 Å². The van der Waals surface area contributed by atoms with Crippen LogP contribution < -0.4 is 0 Å². The first-order valence-corrected chi connectivity index (χ1v) is 8.14. The smallest absolute Gasteiger partial charge is 0.0545 e. The number of fused-ring (bicyclic) bond motifs is 2. The third-order valence-corrected chi connectivity index (χ3v) is 4.63. The van der Waals surface area contributed by atoms with E-state index in [2.05, 4.69) is 95.0 Å². The molecule has 2 heterocycles. The summed E-state index contributed by atoms with van der Waals surface area (Å²) in [5.74, 6) is 0. The maximum absolute atomic E-state index is 3.62. The highest BCUT2D eigenvalue weighted by Crippen LogP contribution is 2.41. The molecule has 2 heteroatoms. The summed E-state index contributed by atoms with van der Waals surface area (Å²) in [7, 11) is 0. The van der Waals surface area contributed by atoms with Crippen molar-refractivity contribution in [2.24, 2.45) is 0 Å². The first-order valence-electron chi connectivity index (χ1n) is 8.14. The van der Waals surface area contributed by atoms with Crippen molar-refractivity contribution in [3.63, 3.8) is 0 Å². The molecule has 5 rings (SSSR count). The Morgan fingerprint density at radius 2 is 1.25 bits per heavy atom. The average Bonchev–Trinajstić information content (AvgIpc) is 3.23. The number of benzene rings is 3. The summed E-state index contributed by atoms with van der Waals surface area (Å²) in [4.78, 5) is 7.03. The van der Waals surface area contributed by atoms with Gasteiger partial charge in [0.15, 0.2) is 0 Å². The number of rotatable bonds is 2. The molecule has 0 saturated heterocycles. The summed E-state index contributed by atoms with van der Waals surface area (Å²) in [6, 6.07) is 27.5. The van der Waals surface area contributed by atoms with Gasteiger partial charge in [0.1, 0.15) is 0 Å². The first kappa shape index (κ1) is 13.2. The third kappa shape index (κ3) is 1.90. The second-order valence-corrected chi connectivity index (χ2v) is 6.03. The fourth-order valence-corrected chi connectivity index (χ4v) is 3.52. The SMILES string of the molecule is c1ccc(-c2[nH]c3ccccc3c2-c2c[nH]c3ccccc23)cc1. The zero-order chi connectivity index (χ0) is 15.9. The van der Waals surface area contributed by atoms with Crippen LogP contribution in [0.25, 0.3) is 44.2 Å². The predicted octanol–water partition coefficient (Wildman–Crippen LogP) is 5.98. The number of hydrogen-bond acceptors (Lipinski definition) is 0. The van der Waals surface area contributed by atoms with Gasteiger partial charge in [-0.15, -0.1) is 0 Å². The first-order chi connectivity index (χ1) is 11.9. The summed E-state index contributed by atoms with van der Waals surface area (Å²) in [6.07, 6.45) is 2.12. The zero-order valence-electron chi connectivity index (χ0n) is 13.1. The average molecular weight is 308 g/mol. The lowest BCUT2D eigenvalue weighted by molar-refractivity contribution is 1.44. The Labute approximate surface area is 139 Å². The maximum atomic E-state index is 3.62. The van der Waals surface area contributed by atoms with Crippen molar-refractivity contribution in [2.75, 3.05) is 0 Å². The molecule has 0 saturated carbocycles. The molecule has 5 aromatic rings. The summed E-state index contributed by atoms with van der Waals surface area (Å²) < 4.78 is 0. The molecular weight excluding hydrogens is 292 g/mol. The van der Waals surface area contributed by atoms with E-state index < -0.39 is 0 Å². The van der Waals surface area contributed by atoms with Crippen molar-refractivity contribution in [3.05, 3.63) is 85.1 Å². The van der Waals surface area contributed by atoms with Crippen LogP contribution in [0.2, 0.25) is 0 Å². The minimum atomic E-state index is 1.16. The van der Waals surface area contributed by atoms with E-state index in [9.17, 15) is 0 Å². The molecule has 0 spiro atoms. The van der Waals surface area contributed by atoms with Gasteiger partial charge in [0.05, 0.1) is 5.69 Å². The highest BCUT2D eigenvalue weighted by Gasteiger charge is 2.17. The lowest BCUT2D eigenvalue weighted by Gasteiger charge is -2.05. The van der Waals surface area contributed by atoms with Crippen LogP contribution in [0.1, 0.15) is 0 Å². The van der Waals surface area contributed by atoms with Crippen molar-refractivity contribution in [1.29, 1.82) is 0 Å². The van der Waals surface area contributed by atoms with E-state index in [-0.39, 0.29) is 0 Å². The monoisotopic (exact) mass is 308 g/mol. The van der Waals surface area contributed by atoms with E-state index in [4.69, 9.17) is 0 Å². The highest BCUT2D eigenvalue weighted by molar-refractivity contribution is 6.10. The number of hydrogen-bond donors (Lipinski definition) is 2. The van der Waals surface area contributed by atoms with Gasteiger partial charge in [-0.05, 0) is 17.7 Å². The van der Waals surface area contributed by atoms with Gasteiger partial charge in [0.2, 0.25) is 0 Å². The molecule has 0 bridgehead atoms. The molecule has 0 aliphatic carbocycles.